The number of piperidine rings is 1. The monoisotopic (exact) mass is 289 g/mol. The van der Waals surface area contributed by atoms with Gasteiger partial charge in [0.1, 0.15) is 0 Å². The molecule has 2 saturated heterocycles. The van der Waals surface area contributed by atoms with Gasteiger partial charge in [0.25, 0.3) is 0 Å². The summed E-state index contributed by atoms with van der Waals surface area (Å²) in [5.41, 5.74) is 0. The van der Waals surface area contributed by atoms with Crippen LogP contribution in [0, 0.1) is 0 Å². The molecule has 1 unspecified atom stereocenters. The van der Waals surface area contributed by atoms with Crippen molar-refractivity contribution in [3.05, 3.63) is 0 Å². The lowest BCUT2D eigenvalue weighted by Gasteiger charge is -2.45. The summed E-state index contributed by atoms with van der Waals surface area (Å²) < 4.78 is 25.5. The summed E-state index contributed by atoms with van der Waals surface area (Å²) in [6.07, 6.45) is 2.42. The van der Waals surface area contributed by atoms with Crippen LogP contribution in [0.1, 0.15) is 26.7 Å². The zero-order chi connectivity index (χ0) is 14.0. The van der Waals surface area contributed by atoms with Crippen LogP contribution in [0.2, 0.25) is 0 Å². The fourth-order valence-electron chi connectivity index (χ4n) is 3.24. The molecule has 0 bridgehead atoms. The Balaban J connectivity index is 1.94. The summed E-state index contributed by atoms with van der Waals surface area (Å²) in [6, 6.07) is 0.973. The molecule has 0 aromatic carbocycles. The molecular weight excluding hydrogens is 262 g/mol. The first-order valence-corrected chi connectivity index (χ1v) is 8.97. The first-order chi connectivity index (χ1) is 8.94. The van der Waals surface area contributed by atoms with Crippen LogP contribution in [0.3, 0.4) is 0 Å². The Kier molecular flexibility index (Phi) is 4.87. The van der Waals surface area contributed by atoms with E-state index in [1.165, 1.54) is 12.8 Å². The third-order valence-electron chi connectivity index (χ3n) is 4.56. The van der Waals surface area contributed by atoms with Crippen LogP contribution in [0.15, 0.2) is 0 Å². The maximum Gasteiger partial charge on any atom is 0.213 e. The molecule has 6 heteroatoms. The lowest BCUT2D eigenvalue weighted by molar-refractivity contribution is 0.0498. The number of hydrogen-bond acceptors (Lipinski definition) is 4. The van der Waals surface area contributed by atoms with E-state index in [0.29, 0.717) is 25.2 Å². The van der Waals surface area contributed by atoms with Crippen molar-refractivity contribution in [2.24, 2.45) is 0 Å². The number of sulfonamides is 1. The number of piperazine rings is 1. The minimum atomic E-state index is -3.02. The van der Waals surface area contributed by atoms with Crippen molar-refractivity contribution in [2.75, 3.05) is 45.5 Å². The first kappa shape index (κ1) is 15.2. The summed E-state index contributed by atoms with van der Waals surface area (Å²) in [4.78, 5) is 4.90. The first-order valence-electron chi connectivity index (χ1n) is 7.36. The van der Waals surface area contributed by atoms with E-state index in [-0.39, 0.29) is 5.75 Å². The topological polar surface area (TPSA) is 43.9 Å². The van der Waals surface area contributed by atoms with Crippen molar-refractivity contribution in [2.45, 2.75) is 38.8 Å². The predicted octanol–water partition coefficient (Wildman–Crippen LogP) is 0.436. The van der Waals surface area contributed by atoms with Gasteiger partial charge in [0.05, 0.1) is 5.75 Å². The molecule has 0 radical (unpaired) electrons. The van der Waals surface area contributed by atoms with E-state index >= 15 is 0 Å². The number of hydrogen-bond donors (Lipinski definition) is 0. The second-order valence-electron chi connectivity index (χ2n) is 5.88. The molecule has 0 aliphatic carbocycles. The average molecular weight is 289 g/mol. The molecule has 0 N–H and O–H groups in total. The molecule has 1 atom stereocenters. The van der Waals surface area contributed by atoms with Gasteiger partial charge in [0.15, 0.2) is 0 Å². The molecule has 112 valence electrons. The van der Waals surface area contributed by atoms with Gasteiger partial charge in [-0.2, -0.15) is 4.31 Å². The van der Waals surface area contributed by atoms with Gasteiger partial charge in [-0.3, -0.25) is 4.90 Å². The van der Waals surface area contributed by atoms with Crippen molar-refractivity contribution < 1.29 is 8.42 Å². The second kappa shape index (κ2) is 6.08. The number of nitrogens with zero attached hydrogens (tertiary/aromatic N) is 3. The smallest absolute Gasteiger partial charge is 0.213 e. The Hall–Kier alpha value is -0.170. The molecule has 2 aliphatic heterocycles. The Morgan fingerprint density at radius 1 is 1.11 bits per heavy atom. The van der Waals surface area contributed by atoms with Gasteiger partial charge in [-0.1, -0.05) is 0 Å². The summed E-state index contributed by atoms with van der Waals surface area (Å²) in [6.45, 7) is 8.40. The maximum absolute atomic E-state index is 11.9. The summed E-state index contributed by atoms with van der Waals surface area (Å²) in [5.74, 6) is 0.216. The van der Waals surface area contributed by atoms with Gasteiger partial charge in [0, 0.05) is 31.7 Å². The van der Waals surface area contributed by atoms with Gasteiger partial charge in [-0.05, 0) is 46.8 Å². The van der Waals surface area contributed by atoms with Crippen LogP contribution in [0.25, 0.3) is 0 Å². The van der Waals surface area contributed by atoms with Crippen molar-refractivity contribution in [1.82, 2.24) is 14.1 Å². The zero-order valence-electron chi connectivity index (χ0n) is 12.4. The Morgan fingerprint density at radius 3 is 2.26 bits per heavy atom. The van der Waals surface area contributed by atoms with Crippen LogP contribution in [0.5, 0.6) is 0 Å². The highest BCUT2D eigenvalue weighted by Gasteiger charge is 2.34. The normalized spacial score (nSPS) is 29.7. The van der Waals surface area contributed by atoms with Gasteiger partial charge in [-0.25, -0.2) is 8.42 Å². The number of likely N-dealkylation sites (tertiary alicyclic amines) is 1. The fraction of sp³-hybridized carbons (Fsp3) is 1.00. The van der Waals surface area contributed by atoms with Crippen LogP contribution >= 0.6 is 0 Å². The Bertz CT molecular complexity index is 391. The summed E-state index contributed by atoms with van der Waals surface area (Å²) in [5, 5.41) is 0. The highest BCUT2D eigenvalue weighted by atomic mass is 32.2. The fourth-order valence-corrected chi connectivity index (χ4v) is 4.41. The maximum atomic E-state index is 11.9. The molecule has 5 nitrogen and oxygen atoms in total. The van der Waals surface area contributed by atoms with Crippen molar-refractivity contribution >= 4 is 10.0 Å². The molecule has 0 saturated carbocycles. The predicted molar refractivity (Wildman–Crippen MR) is 77.7 cm³/mol. The van der Waals surface area contributed by atoms with E-state index in [0.717, 1.165) is 19.6 Å². The molecular formula is C13H27N3O2S. The average Bonchev–Trinajstić information content (AvgIpc) is 2.40. The molecule has 0 amide bonds. The Labute approximate surface area is 117 Å². The molecule has 2 rings (SSSR count). The Morgan fingerprint density at radius 2 is 1.74 bits per heavy atom. The van der Waals surface area contributed by atoms with E-state index in [1.54, 1.807) is 11.2 Å². The van der Waals surface area contributed by atoms with Crippen molar-refractivity contribution in [3.63, 3.8) is 0 Å². The van der Waals surface area contributed by atoms with E-state index in [1.807, 2.05) is 0 Å². The third-order valence-corrected chi connectivity index (χ3v) is 6.40. The minimum absolute atomic E-state index is 0.216. The van der Waals surface area contributed by atoms with Crippen molar-refractivity contribution in [1.29, 1.82) is 0 Å². The van der Waals surface area contributed by atoms with Crippen LogP contribution in [-0.4, -0.2) is 80.1 Å². The van der Waals surface area contributed by atoms with E-state index < -0.39 is 10.0 Å². The van der Waals surface area contributed by atoms with E-state index in [2.05, 4.69) is 23.8 Å². The standard InChI is InChI=1S/C13H27N3O2S/c1-4-19(17,18)15-9-10-16(12(2)11-15)13-5-7-14(3)8-6-13/h12-13H,4-11H2,1-3H3. The van der Waals surface area contributed by atoms with Gasteiger partial charge < -0.3 is 4.90 Å². The molecule has 2 fully saturated rings. The highest BCUT2D eigenvalue weighted by molar-refractivity contribution is 7.89. The van der Waals surface area contributed by atoms with Crippen LogP contribution < -0.4 is 0 Å². The quantitative estimate of drug-likeness (QED) is 0.756. The third kappa shape index (κ3) is 3.48. The van der Waals surface area contributed by atoms with Gasteiger partial charge in [-0.15, -0.1) is 0 Å². The van der Waals surface area contributed by atoms with Crippen molar-refractivity contribution in [3.8, 4) is 0 Å². The van der Waals surface area contributed by atoms with Gasteiger partial charge >= 0.3 is 0 Å². The molecule has 19 heavy (non-hydrogen) atoms. The van der Waals surface area contributed by atoms with Gasteiger partial charge in [0.2, 0.25) is 10.0 Å². The SMILES string of the molecule is CCS(=O)(=O)N1CCN(C2CCN(C)CC2)C(C)C1. The molecule has 2 heterocycles. The van der Waals surface area contributed by atoms with Crippen LogP contribution in [-0.2, 0) is 10.0 Å². The minimum Gasteiger partial charge on any atom is -0.306 e. The van der Waals surface area contributed by atoms with E-state index in [4.69, 9.17) is 0 Å². The second-order valence-corrected chi connectivity index (χ2v) is 8.14. The highest BCUT2D eigenvalue weighted by Crippen LogP contribution is 2.22. The lowest BCUT2D eigenvalue weighted by atomic mass is 10.0. The lowest BCUT2D eigenvalue weighted by Crippen LogP contribution is -2.58. The molecule has 0 aromatic heterocycles. The summed E-state index contributed by atoms with van der Waals surface area (Å²) in [7, 11) is -0.847. The van der Waals surface area contributed by atoms with Crippen LogP contribution in [0.4, 0.5) is 0 Å². The van der Waals surface area contributed by atoms with E-state index in [9.17, 15) is 8.42 Å². The molecule has 0 aromatic rings. The molecule has 2 aliphatic rings. The zero-order valence-corrected chi connectivity index (χ0v) is 13.2. The number of rotatable bonds is 3. The summed E-state index contributed by atoms with van der Waals surface area (Å²) >= 11 is 0. The molecule has 0 spiro atoms. The largest absolute Gasteiger partial charge is 0.306 e.